The van der Waals surface area contributed by atoms with Crippen molar-refractivity contribution in [2.24, 2.45) is 5.73 Å². The number of para-hydroxylation sites is 1. The second kappa shape index (κ2) is 5.95. The summed E-state index contributed by atoms with van der Waals surface area (Å²) in [5, 5.41) is 10.8. The van der Waals surface area contributed by atoms with Gasteiger partial charge in [0.1, 0.15) is 11.4 Å². The van der Waals surface area contributed by atoms with Crippen LogP contribution in [0.5, 0.6) is 0 Å². The number of fused-ring (bicyclic) bond motifs is 1. The summed E-state index contributed by atoms with van der Waals surface area (Å²) in [6.45, 7) is 0.131. The third kappa shape index (κ3) is 3.15. The molecule has 0 bridgehead atoms. The van der Waals surface area contributed by atoms with E-state index in [1.54, 1.807) is 18.1 Å². The quantitative estimate of drug-likeness (QED) is 0.619. The second-order valence-electron chi connectivity index (χ2n) is 3.78. The van der Waals surface area contributed by atoms with Gasteiger partial charge in [-0.15, -0.1) is 11.8 Å². The van der Waals surface area contributed by atoms with E-state index in [1.165, 1.54) is 0 Å². The third-order valence-electron chi connectivity index (χ3n) is 2.44. The summed E-state index contributed by atoms with van der Waals surface area (Å²) in [6, 6.07) is 7.91. The predicted molar refractivity (Wildman–Crippen MR) is 69.9 cm³/mol. The minimum atomic E-state index is -0.00118. The third-order valence-corrected chi connectivity index (χ3v) is 3.63. The molecule has 3 N–H and O–H groups in total. The van der Waals surface area contributed by atoms with Crippen LogP contribution in [0.1, 0.15) is 6.42 Å². The van der Waals surface area contributed by atoms with E-state index < -0.39 is 0 Å². The average Bonchev–Trinajstić information content (AvgIpc) is 2.36. The molecule has 0 saturated carbocycles. The van der Waals surface area contributed by atoms with Crippen molar-refractivity contribution in [2.45, 2.75) is 17.5 Å². The Hall–Kier alpha value is -1.17. The summed E-state index contributed by atoms with van der Waals surface area (Å²) in [7, 11) is 0. The zero-order valence-electron chi connectivity index (χ0n) is 9.41. The van der Waals surface area contributed by atoms with Crippen LogP contribution in [0, 0.1) is 0 Å². The van der Waals surface area contributed by atoms with E-state index in [0.29, 0.717) is 6.42 Å². The van der Waals surface area contributed by atoms with Gasteiger partial charge in [-0.3, -0.25) is 0 Å². The second-order valence-corrected chi connectivity index (χ2v) is 4.79. The molecule has 17 heavy (non-hydrogen) atoms. The van der Waals surface area contributed by atoms with Crippen molar-refractivity contribution in [1.29, 1.82) is 0 Å². The van der Waals surface area contributed by atoms with Crippen molar-refractivity contribution in [3.05, 3.63) is 30.6 Å². The van der Waals surface area contributed by atoms with Crippen molar-refractivity contribution in [1.82, 2.24) is 9.97 Å². The number of hydrogen-bond acceptors (Lipinski definition) is 5. The predicted octanol–water partition coefficient (Wildman–Crippen LogP) is 1.43. The van der Waals surface area contributed by atoms with E-state index in [0.717, 1.165) is 21.7 Å². The van der Waals surface area contributed by atoms with E-state index >= 15 is 0 Å². The molecule has 1 aromatic carbocycles. The molecule has 0 saturated heterocycles. The lowest BCUT2D eigenvalue weighted by Gasteiger charge is -2.09. The first-order valence-electron chi connectivity index (χ1n) is 5.50. The van der Waals surface area contributed by atoms with Crippen LogP contribution in [-0.2, 0) is 0 Å². The Morgan fingerprint density at radius 2 is 2.12 bits per heavy atom. The summed E-state index contributed by atoms with van der Waals surface area (Å²) in [5.41, 5.74) is 6.80. The molecule has 1 atom stereocenters. The molecule has 0 aliphatic carbocycles. The molecule has 2 aromatic rings. The lowest BCUT2D eigenvalue weighted by Crippen LogP contribution is -2.24. The number of thioether (sulfide) groups is 1. The molecule has 0 aliphatic heterocycles. The first-order valence-corrected chi connectivity index (χ1v) is 6.49. The number of nitrogens with two attached hydrogens (primary N) is 1. The van der Waals surface area contributed by atoms with Gasteiger partial charge in [0.2, 0.25) is 0 Å². The molecule has 0 spiro atoms. The van der Waals surface area contributed by atoms with E-state index in [1.807, 2.05) is 24.3 Å². The highest BCUT2D eigenvalue weighted by atomic mass is 32.2. The Kier molecular flexibility index (Phi) is 4.30. The van der Waals surface area contributed by atoms with Crippen LogP contribution in [0.4, 0.5) is 0 Å². The van der Waals surface area contributed by atoms with Gasteiger partial charge >= 0.3 is 0 Å². The zero-order chi connectivity index (χ0) is 12.1. The fourth-order valence-electron chi connectivity index (χ4n) is 1.53. The number of rotatable bonds is 5. The highest BCUT2D eigenvalue weighted by Gasteiger charge is 2.07. The summed E-state index contributed by atoms with van der Waals surface area (Å²) < 4.78 is 0. The normalized spacial score (nSPS) is 12.8. The SMILES string of the molecule is NC(CCO)CSc1ncnc2ccccc12. The number of aliphatic hydroxyl groups excluding tert-OH is 1. The average molecular weight is 249 g/mol. The van der Waals surface area contributed by atoms with Gasteiger partial charge in [-0.1, -0.05) is 18.2 Å². The molecule has 0 fully saturated rings. The van der Waals surface area contributed by atoms with Gasteiger partial charge in [0.25, 0.3) is 0 Å². The Morgan fingerprint density at radius 1 is 1.29 bits per heavy atom. The van der Waals surface area contributed by atoms with Crippen molar-refractivity contribution < 1.29 is 5.11 Å². The number of aromatic nitrogens is 2. The smallest absolute Gasteiger partial charge is 0.117 e. The Balaban J connectivity index is 2.13. The fourth-order valence-corrected chi connectivity index (χ4v) is 2.52. The maximum absolute atomic E-state index is 8.79. The van der Waals surface area contributed by atoms with Crippen molar-refractivity contribution >= 4 is 22.7 Å². The van der Waals surface area contributed by atoms with E-state index in [2.05, 4.69) is 9.97 Å². The van der Waals surface area contributed by atoms with Crippen LogP contribution in [0.2, 0.25) is 0 Å². The molecule has 0 radical (unpaired) electrons. The molecular weight excluding hydrogens is 234 g/mol. The molecular formula is C12H15N3OS. The first kappa shape index (κ1) is 12.3. The molecule has 1 aromatic heterocycles. The maximum atomic E-state index is 8.79. The molecule has 90 valence electrons. The Bertz CT molecular complexity index is 487. The Morgan fingerprint density at radius 3 is 2.94 bits per heavy atom. The number of aliphatic hydroxyl groups is 1. The maximum Gasteiger partial charge on any atom is 0.117 e. The van der Waals surface area contributed by atoms with Crippen LogP contribution in [0.25, 0.3) is 10.9 Å². The lowest BCUT2D eigenvalue weighted by atomic mass is 10.2. The van der Waals surface area contributed by atoms with Gasteiger partial charge in [-0.2, -0.15) is 0 Å². The molecule has 4 nitrogen and oxygen atoms in total. The van der Waals surface area contributed by atoms with Crippen molar-refractivity contribution in [3.63, 3.8) is 0 Å². The molecule has 1 unspecified atom stereocenters. The van der Waals surface area contributed by atoms with Gasteiger partial charge in [-0.25, -0.2) is 9.97 Å². The largest absolute Gasteiger partial charge is 0.396 e. The van der Waals surface area contributed by atoms with E-state index in [4.69, 9.17) is 10.8 Å². The highest BCUT2D eigenvalue weighted by Crippen LogP contribution is 2.24. The molecule has 0 amide bonds. The zero-order valence-corrected chi connectivity index (χ0v) is 10.2. The van der Waals surface area contributed by atoms with E-state index in [9.17, 15) is 0 Å². The van der Waals surface area contributed by atoms with Crippen molar-refractivity contribution in [2.75, 3.05) is 12.4 Å². The number of hydrogen-bond donors (Lipinski definition) is 2. The standard InChI is InChI=1S/C12H15N3OS/c13-9(5-6-16)7-17-12-10-3-1-2-4-11(10)14-8-15-12/h1-4,8-9,16H,5-7,13H2. The Labute approximate surface area is 104 Å². The first-order chi connectivity index (χ1) is 8.31. The molecule has 5 heteroatoms. The summed E-state index contributed by atoms with van der Waals surface area (Å²) >= 11 is 1.61. The van der Waals surface area contributed by atoms with Crippen LogP contribution in [-0.4, -0.2) is 33.5 Å². The van der Waals surface area contributed by atoms with E-state index in [-0.39, 0.29) is 12.6 Å². The van der Waals surface area contributed by atoms with Gasteiger partial charge in [-0.05, 0) is 12.5 Å². The van der Waals surface area contributed by atoms with Crippen LogP contribution >= 0.6 is 11.8 Å². The van der Waals surface area contributed by atoms with Gasteiger partial charge in [0, 0.05) is 23.8 Å². The van der Waals surface area contributed by atoms with Crippen LogP contribution in [0.3, 0.4) is 0 Å². The monoisotopic (exact) mass is 249 g/mol. The highest BCUT2D eigenvalue weighted by molar-refractivity contribution is 7.99. The summed E-state index contributed by atoms with van der Waals surface area (Å²) in [5.74, 6) is 0.752. The fraction of sp³-hybridized carbons (Fsp3) is 0.333. The van der Waals surface area contributed by atoms with Gasteiger partial charge in [0.15, 0.2) is 0 Å². The molecule has 0 aliphatic rings. The van der Waals surface area contributed by atoms with Gasteiger partial charge < -0.3 is 10.8 Å². The summed E-state index contributed by atoms with van der Waals surface area (Å²) in [6.07, 6.45) is 2.19. The van der Waals surface area contributed by atoms with Crippen molar-refractivity contribution in [3.8, 4) is 0 Å². The summed E-state index contributed by atoms with van der Waals surface area (Å²) in [4.78, 5) is 8.48. The minimum absolute atomic E-state index is 0.00118. The van der Waals surface area contributed by atoms with Crippen LogP contribution in [0.15, 0.2) is 35.6 Å². The molecule has 1 heterocycles. The molecule has 2 rings (SSSR count). The minimum Gasteiger partial charge on any atom is -0.396 e. The van der Waals surface area contributed by atoms with Gasteiger partial charge in [0.05, 0.1) is 5.52 Å². The number of benzene rings is 1. The number of nitrogens with zero attached hydrogens (tertiary/aromatic N) is 2. The lowest BCUT2D eigenvalue weighted by molar-refractivity contribution is 0.279. The van der Waals surface area contributed by atoms with Crippen LogP contribution < -0.4 is 5.73 Å². The topological polar surface area (TPSA) is 72.0 Å².